The normalized spacial score (nSPS) is 13.6. The molecule has 0 saturated carbocycles. The zero-order valence-electron chi connectivity index (χ0n) is 10.6. The van der Waals surface area contributed by atoms with Gasteiger partial charge in [0.05, 0.1) is 5.03 Å². The summed E-state index contributed by atoms with van der Waals surface area (Å²) in [6.45, 7) is 2.16. The fourth-order valence-corrected chi connectivity index (χ4v) is 2.07. The molecule has 2 aromatic carbocycles. The molecule has 0 radical (unpaired) electrons. The molecule has 0 fully saturated rings. The van der Waals surface area contributed by atoms with Crippen molar-refractivity contribution in [1.82, 2.24) is 0 Å². The SMILES string of the molecule is CC(N)c1ccc2ccccc2c1OCC(Cl)=CCl. The van der Waals surface area contributed by atoms with Crippen LogP contribution in [0.25, 0.3) is 10.8 Å². The Kier molecular flexibility index (Phi) is 4.70. The molecule has 2 N–H and O–H groups in total. The molecule has 0 heterocycles. The number of nitrogens with two attached hydrogens (primary N) is 1. The van der Waals surface area contributed by atoms with Crippen LogP contribution in [0, 0.1) is 0 Å². The Balaban J connectivity index is 2.49. The maximum absolute atomic E-state index is 5.99. The number of benzene rings is 2. The lowest BCUT2D eigenvalue weighted by Crippen LogP contribution is -2.09. The highest BCUT2D eigenvalue weighted by molar-refractivity contribution is 6.36. The van der Waals surface area contributed by atoms with Crippen LogP contribution in [0.1, 0.15) is 18.5 Å². The Bertz CT molecular complexity index is 608. The fraction of sp³-hybridized carbons (Fsp3) is 0.200. The first-order valence-corrected chi connectivity index (χ1v) is 6.79. The number of hydrogen-bond acceptors (Lipinski definition) is 2. The van der Waals surface area contributed by atoms with Crippen molar-refractivity contribution in [3.63, 3.8) is 0 Å². The standard InChI is InChI=1S/C15H15Cl2NO/c1-10(18)13-7-6-11-4-2-3-5-14(11)15(13)19-9-12(17)8-16/h2-8,10H,9,18H2,1H3. The molecule has 0 saturated heterocycles. The van der Waals surface area contributed by atoms with Crippen molar-refractivity contribution in [3.05, 3.63) is 52.5 Å². The van der Waals surface area contributed by atoms with Gasteiger partial charge in [-0.2, -0.15) is 0 Å². The Labute approximate surface area is 122 Å². The fourth-order valence-electron chi connectivity index (χ4n) is 1.95. The average molecular weight is 296 g/mol. The molecule has 0 amide bonds. The molecule has 0 aliphatic heterocycles. The van der Waals surface area contributed by atoms with E-state index in [2.05, 4.69) is 0 Å². The van der Waals surface area contributed by atoms with Crippen molar-refractivity contribution >= 4 is 34.0 Å². The van der Waals surface area contributed by atoms with Gasteiger partial charge in [0.1, 0.15) is 12.4 Å². The third-order valence-electron chi connectivity index (χ3n) is 2.87. The highest BCUT2D eigenvalue weighted by Gasteiger charge is 2.12. The molecule has 2 aromatic rings. The molecule has 0 spiro atoms. The van der Waals surface area contributed by atoms with Gasteiger partial charge in [0.2, 0.25) is 0 Å². The van der Waals surface area contributed by atoms with Crippen LogP contribution in [0.15, 0.2) is 47.0 Å². The molecule has 2 nitrogen and oxygen atoms in total. The van der Waals surface area contributed by atoms with Crippen molar-refractivity contribution in [1.29, 1.82) is 0 Å². The minimum Gasteiger partial charge on any atom is -0.487 e. The summed E-state index contributed by atoms with van der Waals surface area (Å²) in [5.74, 6) is 0.768. The predicted octanol–water partition coefficient (Wildman–Crippen LogP) is 4.56. The topological polar surface area (TPSA) is 35.2 Å². The largest absolute Gasteiger partial charge is 0.487 e. The minimum atomic E-state index is -0.113. The van der Waals surface area contributed by atoms with Crippen LogP contribution in [0.2, 0.25) is 0 Å². The van der Waals surface area contributed by atoms with Crippen molar-refractivity contribution < 1.29 is 4.74 Å². The molecule has 4 heteroatoms. The summed E-state index contributed by atoms with van der Waals surface area (Å²) in [6.07, 6.45) is 0. The van der Waals surface area contributed by atoms with Gasteiger partial charge in [0, 0.05) is 22.5 Å². The molecule has 100 valence electrons. The predicted molar refractivity (Wildman–Crippen MR) is 81.8 cm³/mol. The number of rotatable bonds is 4. The van der Waals surface area contributed by atoms with E-state index in [9.17, 15) is 0 Å². The van der Waals surface area contributed by atoms with Crippen LogP contribution in [0.3, 0.4) is 0 Å². The summed E-state index contributed by atoms with van der Waals surface area (Å²) in [7, 11) is 0. The number of fused-ring (bicyclic) bond motifs is 1. The summed E-state index contributed by atoms with van der Waals surface area (Å²) >= 11 is 11.4. The molecule has 0 aromatic heterocycles. The van der Waals surface area contributed by atoms with E-state index < -0.39 is 0 Å². The Morgan fingerprint density at radius 3 is 2.74 bits per heavy atom. The first-order valence-electron chi connectivity index (χ1n) is 5.98. The van der Waals surface area contributed by atoms with Crippen LogP contribution in [-0.2, 0) is 0 Å². The third kappa shape index (κ3) is 3.21. The van der Waals surface area contributed by atoms with Gasteiger partial charge in [0.25, 0.3) is 0 Å². The van der Waals surface area contributed by atoms with Gasteiger partial charge in [-0.3, -0.25) is 0 Å². The second kappa shape index (κ2) is 6.29. The minimum absolute atomic E-state index is 0.113. The Hall–Kier alpha value is -1.22. The lowest BCUT2D eigenvalue weighted by Gasteiger charge is -2.16. The third-order valence-corrected chi connectivity index (χ3v) is 3.47. The Morgan fingerprint density at radius 2 is 2.05 bits per heavy atom. The highest BCUT2D eigenvalue weighted by Crippen LogP contribution is 2.33. The molecule has 1 atom stereocenters. The van der Waals surface area contributed by atoms with E-state index in [1.54, 1.807) is 0 Å². The molecular formula is C15H15Cl2NO. The second-order valence-electron chi connectivity index (χ2n) is 4.34. The lowest BCUT2D eigenvalue weighted by molar-refractivity contribution is 0.358. The van der Waals surface area contributed by atoms with E-state index >= 15 is 0 Å². The first kappa shape index (κ1) is 14.2. The maximum Gasteiger partial charge on any atom is 0.132 e. The van der Waals surface area contributed by atoms with E-state index in [-0.39, 0.29) is 12.6 Å². The van der Waals surface area contributed by atoms with Crippen molar-refractivity contribution in [2.45, 2.75) is 13.0 Å². The molecule has 0 aliphatic rings. The first-order chi connectivity index (χ1) is 9.13. The van der Waals surface area contributed by atoms with Crippen LogP contribution in [0.4, 0.5) is 0 Å². The number of ether oxygens (including phenoxy) is 1. The number of halogens is 2. The van der Waals surface area contributed by atoms with Crippen LogP contribution >= 0.6 is 23.2 Å². The zero-order valence-corrected chi connectivity index (χ0v) is 12.1. The quantitative estimate of drug-likeness (QED) is 0.897. The van der Waals surface area contributed by atoms with E-state index in [1.165, 1.54) is 5.54 Å². The van der Waals surface area contributed by atoms with E-state index in [4.69, 9.17) is 33.7 Å². The summed E-state index contributed by atoms with van der Waals surface area (Å²) in [6, 6.07) is 11.9. The maximum atomic E-state index is 5.99. The summed E-state index contributed by atoms with van der Waals surface area (Å²) in [4.78, 5) is 0. The van der Waals surface area contributed by atoms with Crippen LogP contribution < -0.4 is 10.5 Å². The van der Waals surface area contributed by atoms with Crippen molar-refractivity contribution in [2.75, 3.05) is 6.61 Å². The van der Waals surface area contributed by atoms with Crippen LogP contribution in [-0.4, -0.2) is 6.61 Å². The van der Waals surface area contributed by atoms with Gasteiger partial charge in [-0.25, -0.2) is 0 Å². The molecule has 2 rings (SSSR count). The molecule has 0 aliphatic carbocycles. The van der Waals surface area contributed by atoms with Gasteiger partial charge in [-0.05, 0) is 12.3 Å². The van der Waals surface area contributed by atoms with Crippen molar-refractivity contribution in [3.8, 4) is 5.75 Å². The van der Waals surface area contributed by atoms with Gasteiger partial charge in [0.15, 0.2) is 0 Å². The van der Waals surface area contributed by atoms with Gasteiger partial charge >= 0.3 is 0 Å². The molecule has 0 bridgehead atoms. The van der Waals surface area contributed by atoms with Gasteiger partial charge in [-0.15, -0.1) is 0 Å². The smallest absolute Gasteiger partial charge is 0.132 e. The summed E-state index contributed by atoms with van der Waals surface area (Å²) in [5.41, 5.74) is 8.25. The lowest BCUT2D eigenvalue weighted by atomic mass is 10.0. The zero-order chi connectivity index (χ0) is 13.8. The van der Waals surface area contributed by atoms with Crippen molar-refractivity contribution in [2.24, 2.45) is 5.73 Å². The molecule has 19 heavy (non-hydrogen) atoms. The van der Waals surface area contributed by atoms with E-state index in [0.29, 0.717) is 5.03 Å². The van der Waals surface area contributed by atoms with Gasteiger partial charge < -0.3 is 10.5 Å². The molecule has 1 unspecified atom stereocenters. The monoisotopic (exact) mass is 295 g/mol. The van der Waals surface area contributed by atoms with Crippen LogP contribution in [0.5, 0.6) is 5.75 Å². The average Bonchev–Trinajstić information content (AvgIpc) is 2.43. The van der Waals surface area contributed by atoms with E-state index in [1.807, 2.05) is 43.3 Å². The highest BCUT2D eigenvalue weighted by atomic mass is 35.5. The van der Waals surface area contributed by atoms with E-state index in [0.717, 1.165) is 22.1 Å². The molecular weight excluding hydrogens is 281 g/mol. The summed E-state index contributed by atoms with van der Waals surface area (Å²) < 4.78 is 5.80. The second-order valence-corrected chi connectivity index (χ2v) is 5.04. The van der Waals surface area contributed by atoms with Gasteiger partial charge in [-0.1, -0.05) is 59.6 Å². The summed E-state index contributed by atoms with van der Waals surface area (Å²) in [5, 5.41) is 2.58. The Morgan fingerprint density at radius 1 is 1.32 bits per heavy atom. The number of hydrogen-bond donors (Lipinski definition) is 1.